The van der Waals surface area contributed by atoms with Gasteiger partial charge in [-0.15, -0.1) is 0 Å². The Bertz CT molecular complexity index is 542. The smallest absolute Gasteiger partial charge is 0.126 e. The van der Waals surface area contributed by atoms with E-state index in [1.54, 1.807) is 0 Å². The summed E-state index contributed by atoms with van der Waals surface area (Å²) < 4.78 is 0. The van der Waals surface area contributed by atoms with Crippen molar-refractivity contribution >= 4 is 6.29 Å². The molecule has 4 atom stereocenters. The molecule has 3 rings (SSSR count). The van der Waals surface area contributed by atoms with Crippen LogP contribution in [0.25, 0.3) is 0 Å². The van der Waals surface area contributed by atoms with Gasteiger partial charge in [0.05, 0.1) is 6.10 Å². The highest BCUT2D eigenvalue weighted by Crippen LogP contribution is 2.61. The third-order valence-electron chi connectivity index (χ3n) is 6.85. The van der Waals surface area contributed by atoms with Crippen LogP contribution < -0.4 is 0 Å². The van der Waals surface area contributed by atoms with Crippen molar-refractivity contribution in [1.29, 1.82) is 0 Å². The molecule has 2 heteroatoms. The zero-order chi connectivity index (χ0) is 16.1. The summed E-state index contributed by atoms with van der Waals surface area (Å²) in [5, 5.41) is 10.8. The lowest BCUT2D eigenvalue weighted by atomic mass is 9.48. The highest BCUT2D eigenvalue weighted by Gasteiger charge is 2.54. The molecule has 0 amide bonds. The van der Waals surface area contributed by atoms with Gasteiger partial charge in [0.25, 0.3) is 0 Å². The number of fused-ring (bicyclic) bond motifs is 2. The van der Waals surface area contributed by atoms with Gasteiger partial charge in [0.2, 0.25) is 0 Å². The Morgan fingerprint density at radius 1 is 1.27 bits per heavy atom. The molecule has 0 bridgehead atoms. The van der Waals surface area contributed by atoms with Gasteiger partial charge in [-0.25, -0.2) is 0 Å². The van der Waals surface area contributed by atoms with E-state index in [1.807, 2.05) is 0 Å². The molecule has 1 fully saturated rings. The standard InChI is InChI=1S/C20H30O2/c1-13(2)14-6-7-16-15(10-14)17(22)11-18-19(3,12-21)8-5-9-20(16,18)4/h10,12-13,17-18,22H,5-9,11H2,1-4H3. The number of aldehydes is 1. The Balaban J connectivity index is 2.08. The largest absolute Gasteiger partial charge is 0.388 e. The average Bonchev–Trinajstić information content (AvgIpc) is 2.49. The Labute approximate surface area is 134 Å². The van der Waals surface area contributed by atoms with Crippen LogP contribution in [0.4, 0.5) is 0 Å². The maximum Gasteiger partial charge on any atom is 0.126 e. The Hall–Kier alpha value is -0.890. The summed E-state index contributed by atoms with van der Waals surface area (Å²) >= 11 is 0. The van der Waals surface area contributed by atoms with E-state index in [1.165, 1.54) is 23.0 Å². The van der Waals surface area contributed by atoms with Crippen LogP contribution in [-0.4, -0.2) is 17.5 Å². The maximum absolute atomic E-state index is 11.8. The molecule has 22 heavy (non-hydrogen) atoms. The van der Waals surface area contributed by atoms with Crippen molar-refractivity contribution in [3.8, 4) is 0 Å². The van der Waals surface area contributed by atoms with Crippen molar-refractivity contribution in [1.82, 2.24) is 0 Å². The van der Waals surface area contributed by atoms with Crippen molar-refractivity contribution in [3.05, 3.63) is 22.8 Å². The fourth-order valence-electron chi connectivity index (χ4n) is 5.44. The number of aliphatic hydroxyl groups excluding tert-OH is 1. The molecule has 0 saturated heterocycles. The molecule has 0 aliphatic heterocycles. The third kappa shape index (κ3) is 2.22. The summed E-state index contributed by atoms with van der Waals surface area (Å²) in [4.78, 5) is 11.8. The molecular formula is C20H30O2. The number of hydrogen-bond donors (Lipinski definition) is 1. The topological polar surface area (TPSA) is 37.3 Å². The van der Waals surface area contributed by atoms with Crippen LogP contribution in [-0.2, 0) is 4.79 Å². The average molecular weight is 302 g/mol. The van der Waals surface area contributed by atoms with Gasteiger partial charge >= 0.3 is 0 Å². The number of carbonyl (C=O) groups is 1. The quantitative estimate of drug-likeness (QED) is 0.766. The van der Waals surface area contributed by atoms with E-state index >= 15 is 0 Å². The molecule has 1 N–H and O–H groups in total. The van der Waals surface area contributed by atoms with Gasteiger partial charge in [-0.1, -0.05) is 51.3 Å². The van der Waals surface area contributed by atoms with Crippen LogP contribution in [0.3, 0.4) is 0 Å². The van der Waals surface area contributed by atoms with E-state index in [0.29, 0.717) is 5.92 Å². The number of aliphatic hydroxyl groups is 1. The third-order valence-corrected chi connectivity index (χ3v) is 6.85. The van der Waals surface area contributed by atoms with E-state index in [-0.39, 0.29) is 22.9 Å². The minimum Gasteiger partial charge on any atom is -0.388 e. The highest BCUT2D eigenvalue weighted by atomic mass is 16.3. The first-order valence-corrected chi connectivity index (χ1v) is 8.90. The van der Waals surface area contributed by atoms with Crippen molar-refractivity contribution < 1.29 is 9.90 Å². The zero-order valence-corrected chi connectivity index (χ0v) is 14.5. The summed E-state index contributed by atoms with van der Waals surface area (Å²) in [6, 6.07) is 0. The molecule has 0 aromatic rings. The van der Waals surface area contributed by atoms with Gasteiger partial charge in [-0.2, -0.15) is 0 Å². The van der Waals surface area contributed by atoms with E-state index in [0.717, 1.165) is 38.5 Å². The van der Waals surface area contributed by atoms with E-state index in [9.17, 15) is 9.90 Å². The van der Waals surface area contributed by atoms with Crippen LogP contribution in [0.2, 0.25) is 0 Å². The summed E-state index contributed by atoms with van der Waals surface area (Å²) in [5.74, 6) is 0.840. The second kappa shape index (κ2) is 5.33. The Kier molecular flexibility index (Phi) is 3.87. The van der Waals surface area contributed by atoms with Crippen LogP contribution in [0.15, 0.2) is 22.8 Å². The number of rotatable bonds is 2. The molecule has 0 aromatic heterocycles. The predicted molar refractivity (Wildman–Crippen MR) is 89.4 cm³/mol. The summed E-state index contributed by atoms with van der Waals surface area (Å²) in [6.45, 7) is 8.94. The summed E-state index contributed by atoms with van der Waals surface area (Å²) in [6.07, 6.45) is 9.24. The van der Waals surface area contributed by atoms with Gasteiger partial charge in [-0.05, 0) is 54.9 Å². The molecule has 4 unspecified atom stereocenters. The molecule has 0 aromatic carbocycles. The van der Waals surface area contributed by atoms with Gasteiger partial charge in [-0.3, -0.25) is 0 Å². The zero-order valence-electron chi connectivity index (χ0n) is 14.5. The summed E-state index contributed by atoms with van der Waals surface area (Å²) in [5.41, 5.74) is 3.93. The maximum atomic E-state index is 11.8. The lowest BCUT2D eigenvalue weighted by molar-refractivity contribution is -0.126. The first kappa shape index (κ1) is 16.0. The molecular weight excluding hydrogens is 272 g/mol. The lowest BCUT2D eigenvalue weighted by Crippen LogP contribution is -2.50. The van der Waals surface area contributed by atoms with Crippen LogP contribution in [0.1, 0.15) is 66.2 Å². The van der Waals surface area contributed by atoms with Crippen LogP contribution in [0, 0.1) is 22.7 Å². The lowest BCUT2D eigenvalue weighted by Gasteiger charge is -2.56. The van der Waals surface area contributed by atoms with Gasteiger partial charge in [0, 0.05) is 5.41 Å². The van der Waals surface area contributed by atoms with Gasteiger partial charge < -0.3 is 9.90 Å². The van der Waals surface area contributed by atoms with Crippen LogP contribution >= 0.6 is 0 Å². The Morgan fingerprint density at radius 3 is 2.64 bits per heavy atom. The fraction of sp³-hybridized carbons (Fsp3) is 0.750. The fourth-order valence-corrected chi connectivity index (χ4v) is 5.44. The molecule has 0 spiro atoms. The molecule has 122 valence electrons. The SMILES string of the molecule is CC(C)C1=CC2=C(CC1)C1(C)CCCC(C)(C=O)C1CC2O. The van der Waals surface area contributed by atoms with Gasteiger partial charge in [0.1, 0.15) is 6.29 Å². The predicted octanol–water partition coefficient (Wildman–Crippen LogP) is 4.44. The first-order valence-electron chi connectivity index (χ1n) is 8.90. The molecule has 0 radical (unpaired) electrons. The molecule has 2 nitrogen and oxygen atoms in total. The molecule has 3 aliphatic rings. The highest BCUT2D eigenvalue weighted by molar-refractivity contribution is 5.61. The first-order chi connectivity index (χ1) is 10.3. The van der Waals surface area contributed by atoms with Crippen molar-refractivity contribution in [2.24, 2.45) is 22.7 Å². The van der Waals surface area contributed by atoms with E-state index in [4.69, 9.17) is 0 Å². The number of hydrogen-bond acceptors (Lipinski definition) is 2. The minimum atomic E-state index is -0.389. The second-order valence-electron chi connectivity index (χ2n) is 8.51. The van der Waals surface area contributed by atoms with Crippen molar-refractivity contribution in [3.63, 3.8) is 0 Å². The molecule has 3 aliphatic carbocycles. The van der Waals surface area contributed by atoms with Crippen molar-refractivity contribution in [2.45, 2.75) is 72.3 Å². The molecule has 0 heterocycles. The second-order valence-corrected chi connectivity index (χ2v) is 8.51. The van der Waals surface area contributed by atoms with Crippen LogP contribution in [0.5, 0.6) is 0 Å². The summed E-state index contributed by atoms with van der Waals surface area (Å²) in [7, 11) is 0. The number of allylic oxidation sites excluding steroid dienone is 2. The van der Waals surface area contributed by atoms with Crippen molar-refractivity contribution in [2.75, 3.05) is 0 Å². The Morgan fingerprint density at radius 2 is 2.00 bits per heavy atom. The minimum absolute atomic E-state index is 0.0987. The number of carbonyl (C=O) groups excluding carboxylic acids is 1. The monoisotopic (exact) mass is 302 g/mol. The molecule has 1 saturated carbocycles. The van der Waals surface area contributed by atoms with E-state index < -0.39 is 0 Å². The van der Waals surface area contributed by atoms with Gasteiger partial charge in [0.15, 0.2) is 0 Å². The van der Waals surface area contributed by atoms with E-state index in [2.05, 4.69) is 33.8 Å². The normalized spacial score (nSPS) is 41.8.